The van der Waals surface area contributed by atoms with Gasteiger partial charge in [0.15, 0.2) is 0 Å². The summed E-state index contributed by atoms with van der Waals surface area (Å²) in [6, 6.07) is 63.0. The van der Waals surface area contributed by atoms with Gasteiger partial charge >= 0.3 is 0 Å². The van der Waals surface area contributed by atoms with Gasteiger partial charge in [0.05, 0.1) is 0 Å². The molecule has 0 atom stereocenters. The van der Waals surface area contributed by atoms with Gasteiger partial charge in [-0.1, -0.05) is 132 Å². The second-order valence-electron chi connectivity index (χ2n) is 12.6. The van der Waals surface area contributed by atoms with E-state index in [-0.39, 0.29) is 0 Å². The van der Waals surface area contributed by atoms with Crippen LogP contribution < -0.4 is 9.80 Å². The second kappa shape index (κ2) is 14.3. The summed E-state index contributed by atoms with van der Waals surface area (Å²) in [5.74, 6) is 0. The summed E-state index contributed by atoms with van der Waals surface area (Å²) in [7, 11) is 0. The van der Waals surface area contributed by atoms with Crippen LogP contribution in [0.3, 0.4) is 0 Å². The van der Waals surface area contributed by atoms with E-state index in [0.29, 0.717) is 0 Å². The number of aryl methyl sites for hydroxylation is 3. The fraction of sp³-hybridized carbons (Fsp3) is 0.0638. The minimum atomic E-state index is 1.12. The van der Waals surface area contributed by atoms with Crippen LogP contribution in [0.2, 0.25) is 0 Å². The summed E-state index contributed by atoms with van der Waals surface area (Å²) in [5, 5.41) is 0. The molecule has 7 aromatic rings. The highest BCUT2D eigenvalue weighted by Gasteiger charge is 2.14. The third kappa shape index (κ3) is 7.40. The van der Waals surface area contributed by atoms with E-state index in [0.717, 1.165) is 45.3 Å². The molecule has 0 saturated carbocycles. The number of benzene rings is 7. The highest BCUT2D eigenvalue weighted by atomic mass is 15.1. The standard InChI is InChI=1S/C47H40N2/c1-35-9-23-42(24-10-35)48(43-25-11-36(2)12-26-43)45-29-17-38(18-30-45)15-16-39-19-31-46(32-20-39)49(44-27-13-37(3)14-28-44)47-33-21-41(22-34-47)40-7-5-4-6-8-40/h4-34H,1-3H3/b16-15+. The largest absolute Gasteiger partial charge is 0.311 e. The summed E-state index contributed by atoms with van der Waals surface area (Å²) >= 11 is 0. The van der Waals surface area contributed by atoms with Gasteiger partial charge in [0.1, 0.15) is 0 Å². The van der Waals surface area contributed by atoms with E-state index in [1.165, 1.54) is 27.8 Å². The molecular weight excluding hydrogens is 593 g/mol. The molecule has 0 spiro atoms. The molecule has 0 amide bonds. The van der Waals surface area contributed by atoms with Gasteiger partial charge in [0, 0.05) is 34.1 Å². The van der Waals surface area contributed by atoms with Crippen LogP contribution in [-0.2, 0) is 0 Å². The molecule has 0 radical (unpaired) electrons. The van der Waals surface area contributed by atoms with Crippen LogP contribution in [0.15, 0.2) is 176 Å². The molecule has 0 aliphatic carbocycles. The normalized spacial score (nSPS) is 11.1. The predicted octanol–water partition coefficient (Wildman–Crippen LogP) is 13.4. The van der Waals surface area contributed by atoms with Gasteiger partial charge in [0.25, 0.3) is 0 Å². The first-order chi connectivity index (χ1) is 24.0. The smallest absolute Gasteiger partial charge is 0.0462 e. The zero-order valence-electron chi connectivity index (χ0n) is 28.3. The molecule has 2 heteroatoms. The first-order valence-corrected chi connectivity index (χ1v) is 16.8. The van der Waals surface area contributed by atoms with E-state index in [1.54, 1.807) is 0 Å². The van der Waals surface area contributed by atoms with E-state index in [9.17, 15) is 0 Å². The van der Waals surface area contributed by atoms with Gasteiger partial charge in [-0.05, 0) is 116 Å². The molecule has 49 heavy (non-hydrogen) atoms. The zero-order valence-corrected chi connectivity index (χ0v) is 28.3. The average molecular weight is 633 g/mol. The fourth-order valence-electron chi connectivity index (χ4n) is 6.07. The molecule has 7 rings (SSSR count). The lowest BCUT2D eigenvalue weighted by Crippen LogP contribution is -2.09. The van der Waals surface area contributed by atoms with Crippen molar-refractivity contribution < 1.29 is 0 Å². The zero-order chi connectivity index (χ0) is 33.6. The molecule has 0 aliphatic rings. The van der Waals surface area contributed by atoms with Crippen molar-refractivity contribution in [1.29, 1.82) is 0 Å². The first kappa shape index (κ1) is 31.5. The molecule has 0 N–H and O–H groups in total. The van der Waals surface area contributed by atoms with Crippen molar-refractivity contribution in [3.8, 4) is 11.1 Å². The Labute approximate surface area is 290 Å². The van der Waals surface area contributed by atoms with Crippen LogP contribution in [0.4, 0.5) is 34.1 Å². The molecule has 0 fully saturated rings. The monoisotopic (exact) mass is 632 g/mol. The SMILES string of the molecule is Cc1ccc(N(c2ccc(C)cc2)c2ccc(/C=C/c3ccc(N(c4ccc(C)cc4)c4ccc(-c5ccccc5)cc4)cc3)cc2)cc1. The fourth-order valence-corrected chi connectivity index (χ4v) is 6.07. The Balaban J connectivity index is 1.12. The Morgan fingerprint density at radius 2 is 0.551 bits per heavy atom. The summed E-state index contributed by atoms with van der Waals surface area (Å²) in [6.45, 7) is 6.38. The third-order valence-electron chi connectivity index (χ3n) is 8.88. The van der Waals surface area contributed by atoms with Crippen molar-refractivity contribution in [2.24, 2.45) is 0 Å². The first-order valence-electron chi connectivity index (χ1n) is 16.8. The number of rotatable bonds is 9. The minimum absolute atomic E-state index is 1.12. The van der Waals surface area contributed by atoms with Gasteiger partial charge in [-0.3, -0.25) is 0 Å². The van der Waals surface area contributed by atoms with Gasteiger partial charge in [-0.15, -0.1) is 0 Å². The van der Waals surface area contributed by atoms with E-state index < -0.39 is 0 Å². The summed E-state index contributed by atoms with van der Waals surface area (Å²) in [4.78, 5) is 4.62. The van der Waals surface area contributed by atoms with Crippen molar-refractivity contribution in [3.05, 3.63) is 204 Å². The lowest BCUT2D eigenvalue weighted by Gasteiger charge is -2.26. The Morgan fingerprint density at radius 3 is 0.878 bits per heavy atom. The summed E-state index contributed by atoms with van der Waals surface area (Å²) in [6.07, 6.45) is 4.36. The van der Waals surface area contributed by atoms with Crippen molar-refractivity contribution >= 4 is 46.3 Å². The van der Waals surface area contributed by atoms with Crippen LogP contribution in [0.5, 0.6) is 0 Å². The van der Waals surface area contributed by atoms with Gasteiger partial charge in [0.2, 0.25) is 0 Å². The Kier molecular flexibility index (Phi) is 9.21. The van der Waals surface area contributed by atoms with Gasteiger partial charge in [-0.25, -0.2) is 0 Å². The molecule has 0 aliphatic heterocycles. The molecule has 0 bridgehead atoms. The van der Waals surface area contributed by atoms with Crippen molar-refractivity contribution in [2.75, 3.05) is 9.80 Å². The minimum Gasteiger partial charge on any atom is -0.311 e. The summed E-state index contributed by atoms with van der Waals surface area (Å²) in [5.41, 5.74) is 15.3. The number of hydrogen-bond acceptors (Lipinski definition) is 2. The average Bonchev–Trinajstić information content (AvgIpc) is 3.15. The van der Waals surface area contributed by atoms with E-state index in [4.69, 9.17) is 0 Å². The van der Waals surface area contributed by atoms with Crippen molar-refractivity contribution in [1.82, 2.24) is 0 Å². The van der Waals surface area contributed by atoms with E-state index >= 15 is 0 Å². The maximum atomic E-state index is 2.31. The topological polar surface area (TPSA) is 6.48 Å². The Hall–Kier alpha value is -6.12. The van der Waals surface area contributed by atoms with E-state index in [1.807, 2.05) is 0 Å². The second-order valence-corrected chi connectivity index (χ2v) is 12.6. The summed E-state index contributed by atoms with van der Waals surface area (Å²) < 4.78 is 0. The number of hydrogen-bond donors (Lipinski definition) is 0. The van der Waals surface area contributed by atoms with E-state index in [2.05, 4.69) is 219 Å². The molecule has 0 aromatic heterocycles. The van der Waals surface area contributed by atoms with Crippen LogP contribution in [0.1, 0.15) is 27.8 Å². The van der Waals surface area contributed by atoms with Crippen molar-refractivity contribution in [3.63, 3.8) is 0 Å². The molecule has 0 saturated heterocycles. The lowest BCUT2D eigenvalue weighted by molar-refractivity contribution is 1.27. The molecular formula is C47H40N2. The Morgan fingerprint density at radius 1 is 0.286 bits per heavy atom. The molecule has 0 heterocycles. The van der Waals surface area contributed by atoms with Crippen LogP contribution in [-0.4, -0.2) is 0 Å². The molecule has 0 unspecified atom stereocenters. The van der Waals surface area contributed by atoms with Crippen LogP contribution in [0.25, 0.3) is 23.3 Å². The number of nitrogens with zero attached hydrogens (tertiary/aromatic N) is 2. The highest BCUT2D eigenvalue weighted by Crippen LogP contribution is 2.37. The van der Waals surface area contributed by atoms with Gasteiger partial charge < -0.3 is 9.80 Å². The van der Waals surface area contributed by atoms with Crippen LogP contribution >= 0.6 is 0 Å². The van der Waals surface area contributed by atoms with Gasteiger partial charge in [-0.2, -0.15) is 0 Å². The number of anilines is 6. The quantitative estimate of drug-likeness (QED) is 0.146. The third-order valence-corrected chi connectivity index (χ3v) is 8.88. The predicted molar refractivity (Wildman–Crippen MR) is 211 cm³/mol. The maximum absolute atomic E-state index is 2.31. The Bertz CT molecular complexity index is 2080. The van der Waals surface area contributed by atoms with Crippen LogP contribution in [0, 0.1) is 20.8 Å². The van der Waals surface area contributed by atoms with Crippen molar-refractivity contribution in [2.45, 2.75) is 20.8 Å². The molecule has 238 valence electrons. The lowest BCUT2D eigenvalue weighted by atomic mass is 10.0. The molecule has 2 nitrogen and oxygen atoms in total. The maximum Gasteiger partial charge on any atom is 0.0462 e. The highest BCUT2D eigenvalue weighted by molar-refractivity contribution is 5.81. The molecule has 7 aromatic carbocycles.